The zero-order valence-electron chi connectivity index (χ0n) is 8.32. The van der Waals surface area contributed by atoms with Gasteiger partial charge in [-0.1, -0.05) is 0 Å². The molecular formula is C9H15NO3S. The third-order valence-corrected chi connectivity index (χ3v) is 3.30. The van der Waals surface area contributed by atoms with E-state index >= 15 is 0 Å². The Hall–Kier alpha value is -0.710. The quantitative estimate of drug-likeness (QED) is 0.712. The fourth-order valence-electron chi connectivity index (χ4n) is 1.19. The molecule has 80 valence electrons. The van der Waals surface area contributed by atoms with Gasteiger partial charge < -0.3 is 10.4 Å². The molecule has 1 saturated carbocycles. The first-order valence-electron chi connectivity index (χ1n) is 4.62. The van der Waals surface area contributed by atoms with Crippen LogP contribution in [0.25, 0.3) is 0 Å². The number of carbonyl (C=O) groups is 2. The molecule has 1 aliphatic carbocycles. The first kappa shape index (κ1) is 11.4. The molecule has 0 aromatic rings. The van der Waals surface area contributed by atoms with Gasteiger partial charge in [-0.25, -0.2) is 4.79 Å². The average Bonchev–Trinajstić information content (AvgIpc) is 2.95. The summed E-state index contributed by atoms with van der Waals surface area (Å²) in [5, 5.41) is 11.3. The molecule has 5 heteroatoms. The van der Waals surface area contributed by atoms with E-state index in [1.54, 1.807) is 6.92 Å². The van der Waals surface area contributed by atoms with E-state index in [1.165, 1.54) is 11.8 Å². The van der Waals surface area contributed by atoms with Crippen LogP contribution in [-0.4, -0.2) is 34.5 Å². The van der Waals surface area contributed by atoms with Gasteiger partial charge in [0.05, 0.1) is 5.25 Å². The van der Waals surface area contributed by atoms with Crippen LogP contribution in [0.3, 0.4) is 0 Å². The van der Waals surface area contributed by atoms with E-state index in [4.69, 9.17) is 5.11 Å². The summed E-state index contributed by atoms with van der Waals surface area (Å²) in [6, 6.07) is -0.683. The standard InChI is InChI=1S/C9H15NO3S/c1-5(14-2)8(11)10-7(9(12)13)6-3-4-6/h5-7H,3-4H2,1-2H3,(H,10,11)(H,12,13). The third kappa shape index (κ3) is 2.90. The summed E-state index contributed by atoms with van der Waals surface area (Å²) in [5.41, 5.74) is 0. The molecule has 0 aromatic heterocycles. The van der Waals surface area contributed by atoms with Gasteiger partial charge in [0, 0.05) is 0 Å². The Balaban J connectivity index is 2.46. The molecule has 0 heterocycles. The molecule has 0 aliphatic heterocycles. The highest BCUT2D eigenvalue weighted by molar-refractivity contribution is 7.99. The Kier molecular flexibility index (Phi) is 3.80. The van der Waals surface area contributed by atoms with E-state index in [0.29, 0.717) is 0 Å². The van der Waals surface area contributed by atoms with Crippen molar-refractivity contribution < 1.29 is 14.7 Å². The van der Waals surface area contributed by atoms with Crippen LogP contribution in [-0.2, 0) is 9.59 Å². The van der Waals surface area contributed by atoms with Gasteiger partial charge in [-0.15, -0.1) is 0 Å². The van der Waals surface area contributed by atoms with Gasteiger partial charge in [0.1, 0.15) is 6.04 Å². The molecule has 14 heavy (non-hydrogen) atoms. The van der Waals surface area contributed by atoms with Gasteiger partial charge in [0.15, 0.2) is 0 Å². The number of hydrogen-bond donors (Lipinski definition) is 2. The maximum atomic E-state index is 11.4. The highest BCUT2D eigenvalue weighted by atomic mass is 32.2. The largest absolute Gasteiger partial charge is 0.480 e. The van der Waals surface area contributed by atoms with Crippen molar-refractivity contribution in [3.8, 4) is 0 Å². The Labute approximate surface area is 87.4 Å². The molecule has 1 rings (SSSR count). The minimum Gasteiger partial charge on any atom is -0.480 e. The van der Waals surface area contributed by atoms with Gasteiger partial charge in [-0.2, -0.15) is 11.8 Å². The Bertz CT molecular complexity index is 240. The first-order chi connectivity index (χ1) is 6.56. The molecular weight excluding hydrogens is 202 g/mol. The molecule has 0 radical (unpaired) electrons. The topological polar surface area (TPSA) is 66.4 Å². The van der Waals surface area contributed by atoms with E-state index in [-0.39, 0.29) is 17.1 Å². The van der Waals surface area contributed by atoms with Gasteiger partial charge in [0.25, 0.3) is 0 Å². The maximum Gasteiger partial charge on any atom is 0.326 e. The molecule has 1 fully saturated rings. The second-order valence-electron chi connectivity index (χ2n) is 3.54. The monoisotopic (exact) mass is 217 g/mol. The van der Waals surface area contributed by atoms with Crippen molar-refractivity contribution in [3.05, 3.63) is 0 Å². The normalized spacial score (nSPS) is 19.9. The van der Waals surface area contributed by atoms with Crippen molar-refractivity contribution >= 4 is 23.6 Å². The maximum absolute atomic E-state index is 11.4. The van der Waals surface area contributed by atoms with Gasteiger partial charge in [-0.3, -0.25) is 4.79 Å². The predicted molar refractivity (Wildman–Crippen MR) is 55.3 cm³/mol. The molecule has 0 saturated heterocycles. The first-order valence-corrected chi connectivity index (χ1v) is 5.91. The van der Waals surface area contributed by atoms with Crippen LogP contribution in [0.4, 0.5) is 0 Å². The number of carboxylic acid groups (broad SMARTS) is 1. The summed E-state index contributed by atoms with van der Waals surface area (Å²) in [5.74, 6) is -0.962. The molecule has 2 N–H and O–H groups in total. The lowest BCUT2D eigenvalue weighted by molar-refractivity contribution is -0.142. The second kappa shape index (κ2) is 4.68. The van der Waals surface area contributed by atoms with Crippen LogP contribution >= 0.6 is 11.8 Å². The van der Waals surface area contributed by atoms with Crippen molar-refractivity contribution in [3.63, 3.8) is 0 Å². The highest BCUT2D eigenvalue weighted by Crippen LogP contribution is 2.32. The Morgan fingerprint density at radius 1 is 1.50 bits per heavy atom. The number of thioether (sulfide) groups is 1. The summed E-state index contributed by atoms with van der Waals surface area (Å²) in [6.45, 7) is 1.77. The van der Waals surface area contributed by atoms with E-state index in [2.05, 4.69) is 5.32 Å². The van der Waals surface area contributed by atoms with Crippen molar-refractivity contribution in [2.75, 3.05) is 6.26 Å². The SMILES string of the molecule is CSC(C)C(=O)NC(C(=O)O)C1CC1. The molecule has 2 atom stereocenters. The smallest absolute Gasteiger partial charge is 0.326 e. The molecule has 0 aromatic carbocycles. The zero-order chi connectivity index (χ0) is 10.7. The molecule has 0 spiro atoms. The number of aliphatic carboxylic acids is 1. The molecule has 1 amide bonds. The van der Waals surface area contributed by atoms with Crippen LogP contribution in [0.1, 0.15) is 19.8 Å². The van der Waals surface area contributed by atoms with E-state index in [1.807, 2.05) is 6.26 Å². The van der Waals surface area contributed by atoms with Crippen molar-refractivity contribution in [1.29, 1.82) is 0 Å². The van der Waals surface area contributed by atoms with Crippen LogP contribution in [0.15, 0.2) is 0 Å². The zero-order valence-corrected chi connectivity index (χ0v) is 9.13. The summed E-state index contributed by atoms with van der Waals surface area (Å²) >= 11 is 1.41. The van der Waals surface area contributed by atoms with Crippen molar-refractivity contribution in [2.45, 2.75) is 31.1 Å². The number of amides is 1. The highest BCUT2D eigenvalue weighted by Gasteiger charge is 2.37. The fraction of sp³-hybridized carbons (Fsp3) is 0.778. The number of rotatable bonds is 5. The third-order valence-electron chi connectivity index (χ3n) is 2.38. The summed E-state index contributed by atoms with van der Waals surface area (Å²) in [4.78, 5) is 22.2. The van der Waals surface area contributed by atoms with Crippen molar-refractivity contribution in [1.82, 2.24) is 5.32 Å². The lowest BCUT2D eigenvalue weighted by atomic mass is 10.2. The number of nitrogens with one attached hydrogen (secondary N) is 1. The molecule has 2 unspecified atom stereocenters. The van der Waals surface area contributed by atoms with Crippen molar-refractivity contribution in [2.24, 2.45) is 5.92 Å². The van der Waals surface area contributed by atoms with E-state index < -0.39 is 12.0 Å². The Morgan fingerprint density at radius 3 is 2.43 bits per heavy atom. The molecule has 4 nitrogen and oxygen atoms in total. The van der Waals surface area contributed by atoms with Crippen LogP contribution in [0.2, 0.25) is 0 Å². The summed E-state index contributed by atoms with van der Waals surface area (Å²) in [7, 11) is 0. The molecule has 0 bridgehead atoms. The minimum absolute atomic E-state index is 0.144. The second-order valence-corrected chi connectivity index (χ2v) is 4.72. The lowest BCUT2D eigenvalue weighted by Gasteiger charge is -2.15. The molecule has 1 aliphatic rings. The van der Waals surface area contributed by atoms with Crippen LogP contribution in [0.5, 0.6) is 0 Å². The van der Waals surface area contributed by atoms with Gasteiger partial charge in [-0.05, 0) is 31.9 Å². The van der Waals surface area contributed by atoms with Gasteiger partial charge in [0.2, 0.25) is 5.91 Å². The predicted octanol–water partition coefficient (Wildman–Crippen LogP) is 0.717. The van der Waals surface area contributed by atoms with Gasteiger partial charge >= 0.3 is 5.97 Å². The number of carbonyl (C=O) groups excluding carboxylic acids is 1. The number of hydrogen-bond acceptors (Lipinski definition) is 3. The average molecular weight is 217 g/mol. The van der Waals surface area contributed by atoms with E-state index in [0.717, 1.165) is 12.8 Å². The Morgan fingerprint density at radius 2 is 2.07 bits per heavy atom. The fourth-order valence-corrected chi connectivity index (χ4v) is 1.47. The van der Waals surface area contributed by atoms with Crippen LogP contribution in [0, 0.1) is 5.92 Å². The number of carboxylic acids is 1. The lowest BCUT2D eigenvalue weighted by Crippen LogP contribution is -2.45. The van der Waals surface area contributed by atoms with Crippen LogP contribution < -0.4 is 5.32 Å². The minimum atomic E-state index is -0.922. The summed E-state index contributed by atoms with van der Waals surface area (Å²) < 4.78 is 0. The van der Waals surface area contributed by atoms with E-state index in [9.17, 15) is 9.59 Å². The summed E-state index contributed by atoms with van der Waals surface area (Å²) in [6.07, 6.45) is 3.65.